The van der Waals surface area contributed by atoms with Gasteiger partial charge in [0.2, 0.25) is 0 Å². The normalized spacial score (nSPS) is 13.4. The fraction of sp³-hybridized carbons (Fsp3) is 0.889. The fourth-order valence-corrected chi connectivity index (χ4v) is 2.95. The van der Waals surface area contributed by atoms with Crippen LogP contribution in [0.2, 0.25) is 0 Å². The van der Waals surface area contributed by atoms with Crippen molar-refractivity contribution in [2.45, 2.75) is 19.9 Å². The van der Waals surface area contributed by atoms with E-state index < -0.39 is 19.6 Å². The average molecular weight is 269 g/mol. The van der Waals surface area contributed by atoms with Gasteiger partial charge in [-0.1, -0.05) is 0 Å². The molecule has 0 spiro atoms. The maximum atomic E-state index is 12.2. The molecule has 7 nitrogen and oxygen atoms in total. The lowest BCUT2D eigenvalue weighted by atomic mass is 10.4. The summed E-state index contributed by atoms with van der Waals surface area (Å²) in [6.07, 6.45) is -0.144. The third-order valence-electron chi connectivity index (χ3n) is 1.80. The van der Waals surface area contributed by atoms with Gasteiger partial charge < -0.3 is 18.6 Å². The van der Waals surface area contributed by atoms with E-state index in [1.165, 1.54) is 14.2 Å². The number of ether oxygens (including phenoxy) is 1. The molecule has 8 heteroatoms. The van der Waals surface area contributed by atoms with Crippen molar-refractivity contribution in [1.29, 1.82) is 0 Å². The molecular formula is C9H20NO6P. The van der Waals surface area contributed by atoms with E-state index >= 15 is 0 Å². The molecule has 0 aromatic carbocycles. The quantitative estimate of drug-likeness (QED) is 0.379. The Morgan fingerprint density at radius 1 is 1.24 bits per heavy atom. The predicted molar refractivity (Wildman–Crippen MR) is 61.7 cm³/mol. The second-order valence-corrected chi connectivity index (χ2v) is 5.13. The van der Waals surface area contributed by atoms with Crippen LogP contribution in [0.1, 0.15) is 13.8 Å². The molecule has 0 saturated carbocycles. The molecule has 1 atom stereocenters. The molecule has 0 saturated heterocycles. The number of esters is 1. The summed E-state index contributed by atoms with van der Waals surface area (Å²) in [6, 6.07) is -0.895. The van der Waals surface area contributed by atoms with Crippen molar-refractivity contribution in [3.05, 3.63) is 0 Å². The van der Waals surface area contributed by atoms with Crippen molar-refractivity contribution in [2.24, 2.45) is 0 Å². The first-order valence-corrected chi connectivity index (χ1v) is 7.00. The maximum Gasteiger partial charge on any atom is 0.332 e. The standard InChI is InChI=1S/C9H20NO6P/c1-5-15-17(12,16-6-2)7-8(10-14-4)9(11)13-3/h8,10H,5-7H2,1-4H3. The van der Waals surface area contributed by atoms with Gasteiger partial charge in [0.15, 0.2) is 0 Å². The second kappa shape index (κ2) is 8.60. The highest BCUT2D eigenvalue weighted by Crippen LogP contribution is 2.48. The number of hydroxylamine groups is 1. The van der Waals surface area contributed by atoms with Crippen LogP contribution in [0.5, 0.6) is 0 Å². The van der Waals surface area contributed by atoms with E-state index in [0.29, 0.717) is 0 Å². The van der Waals surface area contributed by atoms with Gasteiger partial charge in [0.05, 0.1) is 33.6 Å². The summed E-state index contributed by atoms with van der Waals surface area (Å²) in [7, 11) is -0.731. The van der Waals surface area contributed by atoms with Gasteiger partial charge in [0.25, 0.3) is 0 Å². The summed E-state index contributed by atoms with van der Waals surface area (Å²) in [4.78, 5) is 16.0. The molecular weight excluding hydrogens is 249 g/mol. The zero-order chi connectivity index (χ0) is 13.3. The van der Waals surface area contributed by atoms with E-state index in [0.717, 1.165) is 0 Å². The van der Waals surface area contributed by atoms with E-state index in [1.54, 1.807) is 13.8 Å². The fourth-order valence-electron chi connectivity index (χ4n) is 1.20. The first-order chi connectivity index (χ1) is 8.02. The number of hydrogen-bond donors (Lipinski definition) is 1. The summed E-state index contributed by atoms with van der Waals surface area (Å²) in [5, 5.41) is 0. The highest BCUT2D eigenvalue weighted by Gasteiger charge is 2.33. The molecule has 0 heterocycles. The topological polar surface area (TPSA) is 83.1 Å². The third-order valence-corrected chi connectivity index (χ3v) is 3.92. The highest BCUT2D eigenvalue weighted by atomic mass is 31.2. The van der Waals surface area contributed by atoms with Gasteiger partial charge >= 0.3 is 13.6 Å². The molecule has 0 aliphatic rings. The SMILES string of the molecule is CCOP(=O)(CC(NOC)C(=O)OC)OCC. The molecule has 102 valence electrons. The van der Waals surface area contributed by atoms with E-state index in [-0.39, 0.29) is 19.4 Å². The lowest BCUT2D eigenvalue weighted by Crippen LogP contribution is -2.40. The van der Waals surface area contributed by atoms with Crippen LogP contribution in [0.15, 0.2) is 0 Å². The summed E-state index contributed by atoms with van der Waals surface area (Å²) in [5.41, 5.74) is 2.40. The molecule has 0 amide bonds. The maximum absolute atomic E-state index is 12.2. The summed E-state index contributed by atoms with van der Waals surface area (Å²) in [6.45, 7) is 3.86. The van der Waals surface area contributed by atoms with Gasteiger partial charge in [-0.15, -0.1) is 0 Å². The van der Waals surface area contributed by atoms with Crippen LogP contribution in [0.3, 0.4) is 0 Å². The van der Waals surface area contributed by atoms with Gasteiger partial charge in [0, 0.05) is 0 Å². The Balaban J connectivity index is 4.66. The van der Waals surface area contributed by atoms with Crippen LogP contribution in [0.25, 0.3) is 0 Å². The van der Waals surface area contributed by atoms with Crippen molar-refractivity contribution >= 4 is 13.6 Å². The van der Waals surface area contributed by atoms with Gasteiger partial charge in [-0.2, -0.15) is 5.48 Å². The molecule has 0 fully saturated rings. The Labute approximate surface area is 101 Å². The lowest BCUT2D eigenvalue weighted by Gasteiger charge is -2.21. The van der Waals surface area contributed by atoms with Crippen molar-refractivity contribution in [3.8, 4) is 0 Å². The van der Waals surface area contributed by atoms with Gasteiger partial charge in [-0.3, -0.25) is 9.36 Å². The number of rotatable bonds is 9. The second-order valence-electron chi connectivity index (χ2n) is 3.03. The third kappa shape index (κ3) is 6.14. The summed E-state index contributed by atoms with van der Waals surface area (Å²) in [5.74, 6) is -0.591. The van der Waals surface area contributed by atoms with Crippen LogP contribution in [0, 0.1) is 0 Å². The first-order valence-electron chi connectivity index (χ1n) is 5.27. The monoisotopic (exact) mass is 269 g/mol. The Bertz CT molecular complexity index is 262. The first kappa shape index (κ1) is 16.5. The van der Waals surface area contributed by atoms with Crippen LogP contribution < -0.4 is 5.48 Å². The van der Waals surface area contributed by atoms with Gasteiger partial charge in [-0.25, -0.2) is 0 Å². The molecule has 0 aromatic rings. The number of methoxy groups -OCH3 is 1. The molecule has 0 radical (unpaired) electrons. The van der Waals surface area contributed by atoms with Crippen molar-refractivity contribution in [1.82, 2.24) is 5.48 Å². The zero-order valence-electron chi connectivity index (χ0n) is 10.6. The number of carbonyl (C=O) groups is 1. The molecule has 0 aromatic heterocycles. The van der Waals surface area contributed by atoms with Crippen LogP contribution >= 0.6 is 7.60 Å². The summed E-state index contributed by atoms with van der Waals surface area (Å²) >= 11 is 0. The number of hydrogen-bond acceptors (Lipinski definition) is 7. The zero-order valence-corrected chi connectivity index (χ0v) is 11.5. The molecule has 1 N–H and O–H groups in total. The van der Waals surface area contributed by atoms with Crippen molar-refractivity contribution < 1.29 is 28.0 Å². The van der Waals surface area contributed by atoms with E-state index in [9.17, 15) is 9.36 Å². The minimum absolute atomic E-state index is 0.144. The molecule has 17 heavy (non-hydrogen) atoms. The Hall–Kier alpha value is -0.460. The number of nitrogens with one attached hydrogen (secondary N) is 1. The molecule has 0 rings (SSSR count). The van der Waals surface area contributed by atoms with E-state index in [1.807, 2.05) is 0 Å². The highest BCUT2D eigenvalue weighted by molar-refractivity contribution is 7.53. The minimum Gasteiger partial charge on any atom is -0.468 e. The van der Waals surface area contributed by atoms with Crippen LogP contribution in [-0.2, 0) is 28.0 Å². The van der Waals surface area contributed by atoms with Crippen molar-refractivity contribution in [2.75, 3.05) is 33.6 Å². The average Bonchev–Trinajstić information content (AvgIpc) is 2.28. The van der Waals surface area contributed by atoms with Gasteiger partial charge in [-0.05, 0) is 13.8 Å². The van der Waals surface area contributed by atoms with Gasteiger partial charge in [0.1, 0.15) is 6.04 Å². The molecule has 0 bridgehead atoms. The number of carbonyl (C=O) groups excluding carboxylic acids is 1. The molecule has 0 aliphatic carbocycles. The van der Waals surface area contributed by atoms with Crippen LogP contribution in [-0.4, -0.2) is 45.6 Å². The Morgan fingerprint density at radius 2 is 1.76 bits per heavy atom. The smallest absolute Gasteiger partial charge is 0.332 e. The predicted octanol–water partition coefficient (Wildman–Crippen LogP) is 0.945. The van der Waals surface area contributed by atoms with E-state index in [4.69, 9.17) is 9.05 Å². The molecule has 0 aliphatic heterocycles. The Morgan fingerprint density at radius 3 is 2.12 bits per heavy atom. The van der Waals surface area contributed by atoms with E-state index in [2.05, 4.69) is 15.1 Å². The minimum atomic E-state index is -3.32. The van der Waals surface area contributed by atoms with Crippen molar-refractivity contribution in [3.63, 3.8) is 0 Å². The summed E-state index contributed by atoms with van der Waals surface area (Å²) < 4.78 is 26.9. The molecule has 1 unspecified atom stereocenters. The lowest BCUT2D eigenvalue weighted by molar-refractivity contribution is -0.146. The largest absolute Gasteiger partial charge is 0.468 e. The van der Waals surface area contributed by atoms with Crippen LogP contribution in [0.4, 0.5) is 0 Å². The Kier molecular flexibility index (Phi) is 8.37.